The highest BCUT2D eigenvalue weighted by Crippen LogP contribution is 2.27. The lowest BCUT2D eigenvalue weighted by atomic mass is 10.0. The molecule has 5 rings (SSSR count). The molecular weight excluding hydrogens is 651 g/mol. The van der Waals surface area contributed by atoms with Gasteiger partial charge in [-0.3, -0.25) is 24.1 Å². The summed E-state index contributed by atoms with van der Waals surface area (Å²) in [6.45, 7) is 6.92. The van der Waals surface area contributed by atoms with E-state index in [1.54, 1.807) is 15.7 Å². The molecule has 14 heteroatoms. The molecule has 2 aliphatic heterocycles. The van der Waals surface area contributed by atoms with E-state index >= 15 is 0 Å². The zero-order valence-electron chi connectivity index (χ0n) is 27.8. The van der Waals surface area contributed by atoms with Crippen LogP contribution in [0.3, 0.4) is 0 Å². The minimum Gasteiger partial charge on any atom is -0.378 e. The highest BCUT2D eigenvalue weighted by atomic mass is 32.1. The molecule has 1 aromatic carbocycles. The van der Waals surface area contributed by atoms with Crippen molar-refractivity contribution in [2.45, 2.75) is 64.1 Å². The van der Waals surface area contributed by atoms with E-state index < -0.39 is 6.04 Å². The molecule has 3 atom stereocenters. The number of carbonyl (C=O) groups excluding carboxylic acids is 4. The number of carbonyl (C=O) groups is 4. The molecule has 3 N–H and O–H groups in total. The molecule has 3 aromatic rings. The van der Waals surface area contributed by atoms with E-state index in [0.29, 0.717) is 75.1 Å². The van der Waals surface area contributed by atoms with Crippen molar-refractivity contribution in [3.63, 3.8) is 0 Å². The number of nitrogens with one attached hydrogen (secondary N) is 3. The van der Waals surface area contributed by atoms with Crippen molar-refractivity contribution in [1.29, 1.82) is 0 Å². The van der Waals surface area contributed by atoms with Crippen LogP contribution in [-0.2, 0) is 20.7 Å². The predicted molar refractivity (Wildman–Crippen MR) is 185 cm³/mol. The van der Waals surface area contributed by atoms with Crippen molar-refractivity contribution in [3.05, 3.63) is 68.1 Å². The van der Waals surface area contributed by atoms with Crippen molar-refractivity contribution in [1.82, 2.24) is 35.7 Å². The second kappa shape index (κ2) is 17.1. The van der Waals surface area contributed by atoms with Gasteiger partial charge in [0.2, 0.25) is 11.8 Å². The van der Waals surface area contributed by atoms with Crippen LogP contribution in [0.2, 0.25) is 0 Å². The van der Waals surface area contributed by atoms with Gasteiger partial charge in [-0.1, -0.05) is 44.2 Å². The Morgan fingerprint density at radius 1 is 0.938 bits per heavy atom. The molecule has 258 valence electrons. The average Bonchev–Trinajstić information content (AvgIpc) is 3.76. The number of amides is 4. The van der Waals surface area contributed by atoms with Crippen molar-refractivity contribution < 1.29 is 23.9 Å². The topological polar surface area (TPSA) is 146 Å². The van der Waals surface area contributed by atoms with Crippen molar-refractivity contribution in [2.75, 3.05) is 46.4 Å². The van der Waals surface area contributed by atoms with E-state index in [2.05, 4.69) is 39.8 Å². The second-order valence-corrected chi connectivity index (χ2v) is 14.5. The third-order valence-corrected chi connectivity index (χ3v) is 10.4. The molecule has 0 aliphatic carbocycles. The molecule has 0 unspecified atom stereocenters. The first-order chi connectivity index (χ1) is 23.2. The summed E-state index contributed by atoms with van der Waals surface area (Å²) in [5.41, 5.74) is 1.56. The Morgan fingerprint density at radius 3 is 2.33 bits per heavy atom. The third kappa shape index (κ3) is 9.68. The molecule has 12 nitrogen and oxygen atoms in total. The van der Waals surface area contributed by atoms with E-state index in [1.165, 1.54) is 22.7 Å². The zero-order valence-corrected chi connectivity index (χ0v) is 29.4. The lowest BCUT2D eigenvalue weighted by Crippen LogP contribution is -2.53. The number of likely N-dealkylation sites (N-methyl/N-ethyl adjacent to an activating group) is 1. The Morgan fingerprint density at radius 2 is 1.62 bits per heavy atom. The Labute approximate surface area is 289 Å². The minimum atomic E-state index is -0.488. The monoisotopic (exact) mass is 695 g/mol. The molecule has 2 aliphatic rings. The van der Waals surface area contributed by atoms with Crippen LogP contribution < -0.4 is 16.0 Å². The Bertz CT molecular complexity index is 1550. The van der Waals surface area contributed by atoms with Gasteiger partial charge in [0.25, 0.3) is 11.8 Å². The molecule has 0 saturated carbocycles. The van der Waals surface area contributed by atoms with Crippen LogP contribution in [0.4, 0.5) is 0 Å². The van der Waals surface area contributed by atoms with Gasteiger partial charge in [-0.05, 0) is 44.2 Å². The van der Waals surface area contributed by atoms with Crippen LogP contribution in [0.25, 0.3) is 0 Å². The van der Waals surface area contributed by atoms with Crippen molar-refractivity contribution >= 4 is 46.3 Å². The second-order valence-electron chi connectivity index (χ2n) is 12.7. The summed E-state index contributed by atoms with van der Waals surface area (Å²) in [6.07, 6.45) is 2.39. The molecule has 0 spiro atoms. The van der Waals surface area contributed by atoms with Crippen molar-refractivity contribution in [3.8, 4) is 0 Å². The smallest absolute Gasteiger partial charge is 0.271 e. The number of thiazole rings is 2. The molecule has 4 amide bonds. The Hall–Kier alpha value is -3.72. The van der Waals surface area contributed by atoms with Gasteiger partial charge in [0.1, 0.15) is 27.4 Å². The number of hydrogen-bond donors (Lipinski definition) is 3. The molecule has 1 fully saturated rings. The fraction of sp³-hybridized carbons (Fsp3) is 0.529. The van der Waals surface area contributed by atoms with Gasteiger partial charge < -0.3 is 25.6 Å². The fourth-order valence-electron chi connectivity index (χ4n) is 5.83. The van der Waals surface area contributed by atoms with Crippen LogP contribution >= 0.6 is 22.7 Å². The van der Waals surface area contributed by atoms with E-state index in [9.17, 15) is 19.2 Å². The van der Waals surface area contributed by atoms with Gasteiger partial charge in [0.15, 0.2) is 0 Å². The molecule has 48 heavy (non-hydrogen) atoms. The summed E-state index contributed by atoms with van der Waals surface area (Å²) in [5.74, 6) is -0.560. The maximum Gasteiger partial charge on any atom is 0.271 e. The summed E-state index contributed by atoms with van der Waals surface area (Å²) in [6, 6.07) is 8.57. The largest absolute Gasteiger partial charge is 0.378 e. The van der Waals surface area contributed by atoms with E-state index in [-0.39, 0.29) is 59.4 Å². The number of aromatic nitrogens is 2. The fourth-order valence-corrected chi connectivity index (χ4v) is 7.54. The zero-order chi connectivity index (χ0) is 34.0. The van der Waals surface area contributed by atoms with Gasteiger partial charge in [0.05, 0.1) is 25.3 Å². The summed E-state index contributed by atoms with van der Waals surface area (Å²) < 4.78 is 5.61. The van der Waals surface area contributed by atoms with Crippen LogP contribution in [0.15, 0.2) is 41.1 Å². The van der Waals surface area contributed by atoms with Gasteiger partial charge >= 0.3 is 0 Å². The Kier molecular flexibility index (Phi) is 12.7. The number of hydrogen-bond acceptors (Lipinski definition) is 10. The number of fused-ring (bicyclic) bond motifs is 4. The first kappa shape index (κ1) is 35.6. The average molecular weight is 696 g/mol. The first-order valence-electron chi connectivity index (χ1n) is 16.6. The first-order valence-corrected chi connectivity index (χ1v) is 18.3. The van der Waals surface area contributed by atoms with E-state index in [0.717, 1.165) is 5.56 Å². The van der Waals surface area contributed by atoms with Crippen molar-refractivity contribution in [2.24, 2.45) is 5.92 Å². The molecule has 4 bridgehead atoms. The van der Waals surface area contributed by atoms with Gasteiger partial charge in [-0.2, -0.15) is 0 Å². The molecule has 4 heterocycles. The number of rotatable bonds is 5. The number of morpholine rings is 1. The highest BCUT2D eigenvalue weighted by molar-refractivity contribution is 7.10. The molecule has 1 saturated heterocycles. The number of ether oxygens (including phenoxy) is 1. The summed E-state index contributed by atoms with van der Waals surface area (Å²) in [4.78, 5) is 66.6. The lowest BCUT2D eigenvalue weighted by Gasteiger charge is -2.35. The summed E-state index contributed by atoms with van der Waals surface area (Å²) in [7, 11) is 1.92. The van der Waals surface area contributed by atoms with E-state index in [4.69, 9.17) is 4.74 Å². The molecule has 2 aromatic heterocycles. The third-order valence-electron chi connectivity index (χ3n) is 8.45. The highest BCUT2D eigenvalue weighted by Gasteiger charge is 2.31. The summed E-state index contributed by atoms with van der Waals surface area (Å²) >= 11 is 2.67. The normalized spacial score (nSPS) is 22.4. The predicted octanol–water partition coefficient (Wildman–Crippen LogP) is 3.59. The standard InChI is InChI=1S/C34H45N7O5S2/c1-22(2)17-24-32-39-27(21-48-32)31(44)37-25(18-23-9-5-4-6-10-23)33-38-26(20-47-33)30(43)35-12-8-14-41(13-7-11-29(42)36-24)34(45)28-19-46-16-15-40(28)3/h4-6,9-10,20-22,24-25,28H,7-8,11-19H2,1-3H3,(H,35,43)(H,36,42)(H,37,44)/t24-,25-,28-/m0/s1. The van der Waals surface area contributed by atoms with Gasteiger partial charge in [0, 0.05) is 43.4 Å². The van der Waals surface area contributed by atoms with Gasteiger partial charge in [-0.25, -0.2) is 9.97 Å². The maximum absolute atomic E-state index is 13.6. The van der Waals surface area contributed by atoms with E-state index in [1.807, 2.05) is 42.3 Å². The quantitative estimate of drug-likeness (QED) is 0.367. The van der Waals surface area contributed by atoms with Crippen LogP contribution in [-0.4, -0.2) is 95.9 Å². The molecule has 0 radical (unpaired) electrons. The summed E-state index contributed by atoms with van der Waals surface area (Å²) in [5, 5.41) is 13.9. The van der Waals surface area contributed by atoms with Crippen LogP contribution in [0, 0.1) is 5.92 Å². The van der Waals surface area contributed by atoms with Gasteiger partial charge in [-0.15, -0.1) is 22.7 Å². The lowest BCUT2D eigenvalue weighted by molar-refractivity contribution is -0.142. The van der Waals surface area contributed by atoms with Crippen LogP contribution in [0.1, 0.15) is 88.2 Å². The maximum atomic E-state index is 13.6. The van der Waals surface area contributed by atoms with Crippen LogP contribution in [0.5, 0.6) is 0 Å². The number of nitrogens with zero attached hydrogens (tertiary/aromatic N) is 4. The molecular formula is C34H45N7O5S2. The minimum absolute atomic E-state index is 0.0407. The number of benzene rings is 1. The Balaban J connectivity index is 1.40. The SMILES string of the molecule is CC(C)C[C@@H]1NC(=O)CCCN(C(=O)[C@@H]2COCCN2C)CCCNC(=O)c2csc(n2)[C@H](Cc2ccccc2)NC(=O)c2csc1n2.